The van der Waals surface area contributed by atoms with Crippen LogP contribution in [0.3, 0.4) is 0 Å². The fourth-order valence-electron chi connectivity index (χ4n) is 2.02. The Kier molecular flexibility index (Phi) is 2.53. The summed E-state index contributed by atoms with van der Waals surface area (Å²) in [6, 6.07) is 0. The number of rotatable bonds is 2. The highest BCUT2D eigenvalue weighted by molar-refractivity contribution is 4.95. The van der Waals surface area contributed by atoms with Crippen molar-refractivity contribution in [2.75, 3.05) is 13.7 Å². The topological polar surface area (TPSA) is 62.9 Å². The van der Waals surface area contributed by atoms with Crippen LogP contribution in [0.5, 0.6) is 0 Å². The van der Waals surface area contributed by atoms with Gasteiger partial charge in [-0.15, -0.1) is 0 Å². The van der Waals surface area contributed by atoms with Crippen LogP contribution in [0.4, 0.5) is 0 Å². The van der Waals surface area contributed by atoms with Gasteiger partial charge < -0.3 is 24.7 Å². The summed E-state index contributed by atoms with van der Waals surface area (Å²) >= 11 is 0. The first-order valence-corrected chi connectivity index (χ1v) is 4.81. The molecule has 82 valence electrons. The smallest absolute Gasteiger partial charge is 0.186 e. The van der Waals surface area contributed by atoms with Gasteiger partial charge in [0.1, 0.15) is 18.3 Å². The molecule has 2 saturated heterocycles. The molecule has 2 rings (SSSR count). The minimum Gasteiger partial charge on any atom is -0.353 e. The fraction of sp³-hybridized carbons (Fsp3) is 1.00. The van der Waals surface area contributed by atoms with Crippen LogP contribution in [-0.2, 0) is 18.9 Å². The summed E-state index contributed by atoms with van der Waals surface area (Å²) in [5, 5.41) is 0. The third-order valence-electron chi connectivity index (χ3n) is 2.57. The van der Waals surface area contributed by atoms with Crippen molar-refractivity contribution in [3.63, 3.8) is 0 Å². The summed E-state index contributed by atoms with van der Waals surface area (Å²) in [6.45, 7) is 4.18. The summed E-state index contributed by atoms with van der Waals surface area (Å²) in [4.78, 5) is 0. The van der Waals surface area contributed by atoms with E-state index in [9.17, 15) is 0 Å². The molecule has 0 aromatic rings. The Labute approximate surface area is 83.4 Å². The number of hydrogen-bond acceptors (Lipinski definition) is 5. The predicted octanol–water partition coefficient (Wildman–Crippen LogP) is -0.163. The van der Waals surface area contributed by atoms with E-state index in [0.29, 0.717) is 6.54 Å². The van der Waals surface area contributed by atoms with Crippen molar-refractivity contribution in [1.29, 1.82) is 0 Å². The molecule has 2 N–H and O–H groups in total. The van der Waals surface area contributed by atoms with E-state index in [1.54, 1.807) is 7.11 Å². The second-order valence-corrected chi connectivity index (χ2v) is 4.08. The Morgan fingerprint density at radius 1 is 1.29 bits per heavy atom. The molecule has 0 saturated carbocycles. The van der Waals surface area contributed by atoms with E-state index in [0.717, 1.165) is 0 Å². The first kappa shape index (κ1) is 10.3. The lowest BCUT2D eigenvalue weighted by Gasteiger charge is -2.22. The average Bonchev–Trinajstić information content (AvgIpc) is 2.57. The molecule has 0 radical (unpaired) electrons. The zero-order chi connectivity index (χ0) is 10.3. The molecule has 2 fully saturated rings. The van der Waals surface area contributed by atoms with Gasteiger partial charge in [-0.05, 0) is 13.8 Å². The van der Waals surface area contributed by atoms with E-state index in [1.807, 2.05) is 13.8 Å². The maximum atomic E-state index is 5.70. The molecule has 0 spiro atoms. The zero-order valence-electron chi connectivity index (χ0n) is 8.73. The van der Waals surface area contributed by atoms with Gasteiger partial charge in [0, 0.05) is 13.7 Å². The van der Waals surface area contributed by atoms with Gasteiger partial charge in [0.15, 0.2) is 12.1 Å². The van der Waals surface area contributed by atoms with Gasteiger partial charge in [-0.1, -0.05) is 0 Å². The molecule has 0 aromatic carbocycles. The second kappa shape index (κ2) is 3.43. The van der Waals surface area contributed by atoms with Gasteiger partial charge >= 0.3 is 0 Å². The van der Waals surface area contributed by atoms with E-state index >= 15 is 0 Å². The largest absolute Gasteiger partial charge is 0.353 e. The van der Waals surface area contributed by atoms with Crippen LogP contribution in [0.15, 0.2) is 0 Å². The highest BCUT2D eigenvalue weighted by atomic mass is 16.8. The zero-order valence-corrected chi connectivity index (χ0v) is 8.73. The number of fused-ring (bicyclic) bond motifs is 1. The normalized spacial score (nSPS) is 45.4. The van der Waals surface area contributed by atoms with Crippen LogP contribution in [-0.4, -0.2) is 44.0 Å². The Balaban J connectivity index is 2.12. The number of methoxy groups -OCH3 is 1. The minimum atomic E-state index is -0.566. The highest BCUT2D eigenvalue weighted by Gasteiger charge is 2.54. The second-order valence-electron chi connectivity index (χ2n) is 4.08. The molecule has 4 atom stereocenters. The van der Waals surface area contributed by atoms with E-state index in [-0.39, 0.29) is 24.6 Å². The van der Waals surface area contributed by atoms with Crippen LogP contribution < -0.4 is 5.73 Å². The van der Waals surface area contributed by atoms with E-state index < -0.39 is 5.79 Å². The highest BCUT2D eigenvalue weighted by Crippen LogP contribution is 2.38. The quantitative estimate of drug-likeness (QED) is 0.675. The SMILES string of the molecule is CO[C@@H]1O[C@H](CN)[C@@H]2OC(C)(C)OC12. The number of ether oxygens (including phenoxy) is 4. The van der Waals surface area contributed by atoms with Crippen LogP contribution in [0.25, 0.3) is 0 Å². The van der Waals surface area contributed by atoms with E-state index in [1.165, 1.54) is 0 Å². The Morgan fingerprint density at radius 2 is 1.93 bits per heavy atom. The lowest BCUT2D eigenvalue weighted by molar-refractivity contribution is -0.225. The maximum absolute atomic E-state index is 5.70. The van der Waals surface area contributed by atoms with Crippen molar-refractivity contribution >= 4 is 0 Å². The Morgan fingerprint density at radius 3 is 2.50 bits per heavy atom. The fourth-order valence-corrected chi connectivity index (χ4v) is 2.02. The molecule has 0 amide bonds. The molecule has 5 nitrogen and oxygen atoms in total. The summed E-state index contributed by atoms with van der Waals surface area (Å²) in [7, 11) is 1.59. The first-order chi connectivity index (χ1) is 6.57. The third-order valence-corrected chi connectivity index (χ3v) is 2.57. The molecule has 14 heavy (non-hydrogen) atoms. The van der Waals surface area contributed by atoms with E-state index in [4.69, 9.17) is 24.7 Å². The summed E-state index contributed by atoms with van der Waals surface area (Å²) < 4.78 is 22.1. The predicted molar refractivity (Wildman–Crippen MR) is 48.5 cm³/mol. The van der Waals surface area contributed by atoms with Crippen LogP contribution in [0.1, 0.15) is 13.8 Å². The van der Waals surface area contributed by atoms with Crippen LogP contribution >= 0.6 is 0 Å². The number of hydrogen-bond donors (Lipinski definition) is 1. The van der Waals surface area contributed by atoms with Gasteiger partial charge in [-0.25, -0.2) is 0 Å². The van der Waals surface area contributed by atoms with Gasteiger partial charge in [-0.2, -0.15) is 0 Å². The van der Waals surface area contributed by atoms with Gasteiger partial charge in [0.25, 0.3) is 0 Å². The third kappa shape index (κ3) is 1.55. The lowest BCUT2D eigenvalue weighted by atomic mass is 10.1. The monoisotopic (exact) mass is 203 g/mol. The lowest BCUT2D eigenvalue weighted by Crippen LogP contribution is -2.34. The first-order valence-electron chi connectivity index (χ1n) is 4.81. The molecular formula is C9H17NO4. The minimum absolute atomic E-state index is 0.111. The van der Waals surface area contributed by atoms with Crippen molar-refractivity contribution in [1.82, 2.24) is 0 Å². The van der Waals surface area contributed by atoms with Crippen molar-refractivity contribution in [3.05, 3.63) is 0 Å². The van der Waals surface area contributed by atoms with E-state index in [2.05, 4.69) is 0 Å². The van der Waals surface area contributed by atoms with Crippen LogP contribution in [0, 0.1) is 0 Å². The van der Waals surface area contributed by atoms with Crippen molar-refractivity contribution in [2.24, 2.45) is 5.73 Å². The molecule has 2 heterocycles. The molecule has 2 aliphatic rings. The van der Waals surface area contributed by atoms with Crippen molar-refractivity contribution in [3.8, 4) is 0 Å². The van der Waals surface area contributed by atoms with Crippen molar-refractivity contribution < 1.29 is 18.9 Å². The average molecular weight is 203 g/mol. The summed E-state index contributed by atoms with van der Waals surface area (Å²) in [6.07, 6.45) is -0.773. The standard InChI is InChI=1S/C9H17NO4/c1-9(2)13-6-5(4-10)12-8(11-3)7(6)14-9/h5-8H,4,10H2,1-3H3/t5-,6+,7?,8-/m1/s1. The van der Waals surface area contributed by atoms with Crippen molar-refractivity contribution in [2.45, 2.75) is 44.2 Å². The van der Waals surface area contributed by atoms with Gasteiger partial charge in [0.05, 0.1) is 0 Å². The molecule has 2 aliphatic heterocycles. The molecular weight excluding hydrogens is 186 g/mol. The Hall–Kier alpha value is -0.200. The maximum Gasteiger partial charge on any atom is 0.186 e. The summed E-state index contributed by atoms with van der Waals surface area (Å²) in [5.74, 6) is -0.566. The van der Waals surface area contributed by atoms with Gasteiger partial charge in [-0.3, -0.25) is 0 Å². The molecule has 0 bridgehead atoms. The molecule has 1 unspecified atom stereocenters. The summed E-state index contributed by atoms with van der Waals surface area (Å²) in [5.41, 5.74) is 5.58. The molecule has 0 aliphatic carbocycles. The Bertz CT molecular complexity index is 201. The molecule has 5 heteroatoms. The molecule has 0 aromatic heterocycles. The van der Waals surface area contributed by atoms with Crippen LogP contribution in [0.2, 0.25) is 0 Å². The van der Waals surface area contributed by atoms with Gasteiger partial charge in [0.2, 0.25) is 0 Å². The number of nitrogens with two attached hydrogens (primary N) is 1.